The molecule has 2 heterocycles. The first-order valence-electron chi connectivity index (χ1n) is 8.43. The number of nitrogen functional groups attached to an aromatic ring is 1. The monoisotopic (exact) mass is 392 g/mol. The van der Waals surface area contributed by atoms with Crippen LogP contribution in [0.2, 0.25) is 0 Å². The van der Waals surface area contributed by atoms with Crippen LogP contribution in [0.4, 0.5) is 11.5 Å². The number of ether oxygens (including phenoxy) is 1. The number of hydrogen-bond acceptors (Lipinski definition) is 5. The molecule has 5 nitrogen and oxygen atoms in total. The Bertz CT molecular complexity index is 716. The van der Waals surface area contributed by atoms with Crippen LogP contribution in [0.3, 0.4) is 0 Å². The Morgan fingerprint density at radius 2 is 2.12 bits per heavy atom. The van der Waals surface area contributed by atoms with Gasteiger partial charge in [-0.3, -0.25) is 4.90 Å². The molecule has 3 rings (SSSR count). The van der Waals surface area contributed by atoms with Crippen LogP contribution in [-0.2, 0) is 4.74 Å². The molecule has 0 radical (unpaired) electrons. The fourth-order valence-electron chi connectivity index (χ4n) is 3.13. The van der Waals surface area contributed by atoms with E-state index in [1.807, 2.05) is 19.2 Å². The molecule has 0 saturated carbocycles. The van der Waals surface area contributed by atoms with Crippen molar-refractivity contribution in [3.8, 4) is 0 Å². The normalized spacial score (nSPS) is 17.1. The van der Waals surface area contributed by atoms with Crippen LogP contribution in [0, 0.1) is 12.8 Å². The Morgan fingerprint density at radius 1 is 1.38 bits per heavy atom. The zero-order valence-electron chi connectivity index (χ0n) is 14.3. The van der Waals surface area contributed by atoms with Gasteiger partial charge in [-0.05, 0) is 34.3 Å². The Hall–Kier alpha value is -1.37. The first kappa shape index (κ1) is 17.5. The summed E-state index contributed by atoms with van der Waals surface area (Å²) in [6.45, 7) is 10.00. The number of nitrogens with zero attached hydrogens (tertiary/aromatic N) is 2. The van der Waals surface area contributed by atoms with E-state index in [0.717, 1.165) is 71.7 Å². The second-order valence-electron chi connectivity index (χ2n) is 6.57. The summed E-state index contributed by atoms with van der Waals surface area (Å²) in [5.41, 5.74) is 8.16. The number of hydrogen-bond donors (Lipinski definition) is 2. The van der Waals surface area contributed by atoms with Crippen molar-refractivity contribution >= 4 is 38.2 Å². The Kier molecular flexibility index (Phi) is 5.58. The molecule has 1 atom stereocenters. The van der Waals surface area contributed by atoms with Crippen LogP contribution in [0.25, 0.3) is 10.8 Å². The molecule has 1 saturated heterocycles. The minimum Gasteiger partial charge on any atom is -0.398 e. The number of aromatic nitrogens is 1. The number of nitrogens with two attached hydrogens (primary N) is 1. The predicted octanol–water partition coefficient (Wildman–Crippen LogP) is 3.27. The SMILES string of the molecule is Cc1ccc2c(NCC(C)CN3CCOCC3)ncc(Br)c2c1N. The van der Waals surface area contributed by atoms with Crippen LogP contribution in [-0.4, -0.2) is 49.3 Å². The number of halogens is 1. The zero-order valence-corrected chi connectivity index (χ0v) is 15.9. The average Bonchev–Trinajstić information content (AvgIpc) is 2.58. The Labute approximate surface area is 151 Å². The van der Waals surface area contributed by atoms with Gasteiger partial charge >= 0.3 is 0 Å². The summed E-state index contributed by atoms with van der Waals surface area (Å²) in [6.07, 6.45) is 1.83. The Balaban J connectivity index is 1.71. The number of nitrogens with one attached hydrogen (secondary N) is 1. The summed E-state index contributed by atoms with van der Waals surface area (Å²) < 4.78 is 6.34. The van der Waals surface area contributed by atoms with E-state index in [1.165, 1.54) is 0 Å². The number of rotatable bonds is 5. The fourth-order valence-corrected chi connectivity index (χ4v) is 3.66. The van der Waals surface area contributed by atoms with Crippen molar-refractivity contribution in [1.29, 1.82) is 0 Å². The molecule has 0 amide bonds. The van der Waals surface area contributed by atoms with Gasteiger partial charge in [0.2, 0.25) is 0 Å². The number of fused-ring (bicyclic) bond motifs is 1. The van der Waals surface area contributed by atoms with Crippen molar-refractivity contribution in [3.63, 3.8) is 0 Å². The average molecular weight is 393 g/mol. The van der Waals surface area contributed by atoms with Crippen LogP contribution in [0.5, 0.6) is 0 Å². The molecule has 24 heavy (non-hydrogen) atoms. The van der Waals surface area contributed by atoms with Gasteiger partial charge in [0.05, 0.1) is 13.2 Å². The third-order valence-corrected chi connectivity index (χ3v) is 5.16. The van der Waals surface area contributed by atoms with E-state index in [1.54, 1.807) is 0 Å². The summed E-state index contributed by atoms with van der Waals surface area (Å²) in [6, 6.07) is 4.14. The quantitative estimate of drug-likeness (QED) is 0.764. The van der Waals surface area contributed by atoms with Gasteiger partial charge in [0.1, 0.15) is 5.82 Å². The predicted molar refractivity (Wildman–Crippen MR) is 104 cm³/mol. The molecule has 130 valence electrons. The summed E-state index contributed by atoms with van der Waals surface area (Å²) in [7, 11) is 0. The lowest BCUT2D eigenvalue weighted by Gasteiger charge is -2.29. The zero-order chi connectivity index (χ0) is 17.1. The molecule has 0 aliphatic carbocycles. The molecule has 1 fully saturated rings. The largest absolute Gasteiger partial charge is 0.398 e. The molecule has 1 unspecified atom stereocenters. The highest BCUT2D eigenvalue weighted by Crippen LogP contribution is 2.34. The highest BCUT2D eigenvalue weighted by atomic mass is 79.9. The highest BCUT2D eigenvalue weighted by molar-refractivity contribution is 9.10. The smallest absolute Gasteiger partial charge is 0.133 e. The van der Waals surface area contributed by atoms with Gasteiger partial charge in [-0.2, -0.15) is 0 Å². The van der Waals surface area contributed by atoms with E-state index in [-0.39, 0.29) is 0 Å². The molecule has 2 aromatic rings. The third kappa shape index (κ3) is 3.82. The minimum absolute atomic E-state index is 0.534. The molecule has 1 aromatic carbocycles. The van der Waals surface area contributed by atoms with Crippen LogP contribution < -0.4 is 11.1 Å². The van der Waals surface area contributed by atoms with Gasteiger partial charge in [0.15, 0.2) is 0 Å². The summed E-state index contributed by atoms with van der Waals surface area (Å²) in [5.74, 6) is 1.43. The number of aryl methyl sites for hydroxylation is 1. The van der Waals surface area contributed by atoms with Crippen molar-refractivity contribution in [2.24, 2.45) is 5.92 Å². The van der Waals surface area contributed by atoms with Gasteiger partial charge in [-0.15, -0.1) is 0 Å². The van der Waals surface area contributed by atoms with E-state index < -0.39 is 0 Å². The molecular formula is C18H25BrN4O. The van der Waals surface area contributed by atoms with E-state index >= 15 is 0 Å². The molecule has 0 spiro atoms. The lowest BCUT2D eigenvalue weighted by atomic mass is 10.1. The Morgan fingerprint density at radius 3 is 2.88 bits per heavy atom. The second kappa shape index (κ2) is 7.68. The maximum atomic E-state index is 6.26. The third-order valence-electron chi connectivity index (χ3n) is 4.56. The van der Waals surface area contributed by atoms with Gasteiger partial charge in [-0.1, -0.05) is 19.1 Å². The van der Waals surface area contributed by atoms with Gasteiger partial charge in [-0.25, -0.2) is 4.98 Å². The van der Waals surface area contributed by atoms with Crippen molar-refractivity contribution in [3.05, 3.63) is 28.4 Å². The number of anilines is 2. The van der Waals surface area contributed by atoms with E-state index in [4.69, 9.17) is 10.5 Å². The molecule has 3 N–H and O–H groups in total. The molecule has 1 aromatic heterocycles. The van der Waals surface area contributed by atoms with E-state index in [0.29, 0.717) is 5.92 Å². The first-order chi connectivity index (χ1) is 11.6. The van der Waals surface area contributed by atoms with Crippen molar-refractivity contribution in [1.82, 2.24) is 9.88 Å². The molecule has 1 aliphatic heterocycles. The van der Waals surface area contributed by atoms with E-state index in [9.17, 15) is 0 Å². The topological polar surface area (TPSA) is 63.4 Å². The summed E-state index contributed by atoms with van der Waals surface area (Å²) in [4.78, 5) is 7.01. The number of benzene rings is 1. The van der Waals surface area contributed by atoms with Crippen molar-refractivity contribution in [2.75, 3.05) is 50.4 Å². The molecule has 1 aliphatic rings. The molecular weight excluding hydrogens is 368 g/mol. The maximum absolute atomic E-state index is 6.26. The second-order valence-corrected chi connectivity index (χ2v) is 7.43. The van der Waals surface area contributed by atoms with Gasteiger partial charge in [0.25, 0.3) is 0 Å². The van der Waals surface area contributed by atoms with Crippen LogP contribution in [0.15, 0.2) is 22.8 Å². The number of morpholine rings is 1. The summed E-state index contributed by atoms with van der Waals surface area (Å²) >= 11 is 3.57. The number of pyridine rings is 1. The van der Waals surface area contributed by atoms with Crippen LogP contribution >= 0.6 is 15.9 Å². The minimum atomic E-state index is 0.534. The fraction of sp³-hybridized carbons (Fsp3) is 0.500. The standard InChI is InChI=1S/C18H25BrN4O/c1-12(11-23-5-7-24-8-6-23)9-21-18-14-4-3-13(2)17(20)16(14)15(19)10-22-18/h3-4,10,12H,5-9,11,20H2,1-2H3,(H,21,22). The highest BCUT2D eigenvalue weighted by Gasteiger charge is 2.15. The molecule has 0 bridgehead atoms. The summed E-state index contributed by atoms with van der Waals surface area (Å²) in [5, 5.41) is 5.60. The lowest BCUT2D eigenvalue weighted by molar-refractivity contribution is 0.0325. The van der Waals surface area contributed by atoms with Gasteiger partial charge in [0, 0.05) is 53.3 Å². The van der Waals surface area contributed by atoms with E-state index in [2.05, 4.69) is 44.1 Å². The van der Waals surface area contributed by atoms with Crippen molar-refractivity contribution < 1.29 is 4.74 Å². The lowest BCUT2D eigenvalue weighted by Crippen LogP contribution is -2.40. The molecule has 6 heteroatoms. The maximum Gasteiger partial charge on any atom is 0.133 e. The first-order valence-corrected chi connectivity index (χ1v) is 9.23. The van der Waals surface area contributed by atoms with Crippen LogP contribution in [0.1, 0.15) is 12.5 Å². The van der Waals surface area contributed by atoms with Gasteiger partial charge < -0.3 is 15.8 Å². The van der Waals surface area contributed by atoms with Crippen molar-refractivity contribution in [2.45, 2.75) is 13.8 Å².